The first-order valence-electron chi connectivity index (χ1n) is 6.59. The van der Waals surface area contributed by atoms with Crippen LogP contribution in [0.5, 0.6) is 0 Å². The molecular weight excluding hydrogens is 282 g/mol. The van der Waals surface area contributed by atoms with Gasteiger partial charge in [-0.25, -0.2) is 13.2 Å². The monoisotopic (exact) mass is 301 g/mol. The number of aryl methyl sites for hydroxylation is 1. The second-order valence-corrected chi connectivity index (χ2v) is 7.30. The molecular formula is C13H19NO5S. The zero-order valence-electron chi connectivity index (χ0n) is 11.8. The lowest BCUT2D eigenvalue weighted by Crippen LogP contribution is -2.44. The van der Waals surface area contributed by atoms with E-state index in [9.17, 15) is 13.2 Å². The van der Waals surface area contributed by atoms with Crippen LogP contribution in [0.25, 0.3) is 0 Å². The zero-order valence-corrected chi connectivity index (χ0v) is 12.6. The first-order valence-corrected chi connectivity index (χ1v) is 8.03. The molecule has 1 N–H and O–H groups in total. The van der Waals surface area contributed by atoms with Gasteiger partial charge in [0.15, 0.2) is 0 Å². The molecule has 1 aromatic heterocycles. The quantitative estimate of drug-likeness (QED) is 0.923. The van der Waals surface area contributed by atoms with E-state index >= 15 is 0 Å². The van der Waals surface area contributed by atoms with E-state index in [4.69, 9.17) is 9.52 Å². The summed E-state index contributed by atoms with van der Waals surface area (Å²) < 4.78 is 31.8. The van der Waals surface area contributed by atoms with Crippen molar-refractivity contribution in [1.82, 2.24) is 4.31 Å². The number of carboxylic acid groups (broad SMARTS) is 1. The average Bonchev–Trinajstić information content (AvgIpc) is 2.75. The van der Waals surface area contributed by atoms with Crippen LogP contribution in [0.4, 0.5) is 0 Å². The van der Waals surface area contributed by atoms with Crippen molar-refractivity contribution in [3.63, 3.8) is 0 Å². The summed E-state index contributed by atoms with van der Waals surface area (Å²) >= 11 is 0. The third-order valence-corrected chi connectivity index (χ3v) is 5.82. The standard InChI is InChI=1S/C13H19NO5S/c1-8-4-5-9(2)14(7-8)20(17,18)12-6-11(13(15)16)19-10(12)3/h6,8-9H,4-5,7H2,1-3H3,(H,15,16). The third kappa shape index (κ3) is 2.60. The van der Waals surface area contributed by atoms with E-state index in [-0.39, 0.29) is 22.5 Å². The Morgan fingerprint density at radius 3 is 2.60 bits per heavy atom. The zero-order chi connectivity index (χ0) is 15.1. The minimum atomic E-state index is -3.71. The van der Waals surface area contributed by atoms with Gasteiger partial charge in [0.25, 0.3) is 0 Å². The van der Waals surface area contributed by atoms with Crippen LogP contribution in [0.2, 0.25) is 0 Å². The van der Waals surface area contributed by atoms with Gasteiger partial charge in [0, 0.05) is 18.7 Å². The maximum Gasteiger partial charge on any atom is 0.371 e. The Balaban J connectivity index is 2.41. The molecule has 0 aliphatic carbocycles. The van der Waals surface area contributed by atoms with Gasteiger partial charge in [0.05, 0.1) is 0 Å². The topological polar surface area (TPSA) is 87.8 Å². The van der Waals surface area contributed by atoms with E-state index < -0.39 is 16.0 Å². The number of hydrogen-bond acceptors (Lipinski definition) is 4. The highest BCUT2D eigenvalue weighted by molar-refractivity contribution is 7.89. The van der Waals surface area contributed by atoms with Crippen LogP contribution >= 0.6 is 0 Å². The van der Waals surface area contributed by atoms with E-state index in [1.807, 2.05) is 13.8 Å². The van der Waals surface area contributed by atoms with Crippen LogP contribution in [0, 0.1) is 12.8 Å². The molecule has 1 aromatic rings. The van der Waals surface area contributed by atoms with Gasteiger partial charge in [-0.3, -0.25) is 0 Å². The molecule has 0 amide bonds. The van der Waals surface area contributed by atoms with E-state index in [1.54, 1.807) is 0 Å². The fourth-order valence-corrected chi connectivity index (χ4v) is 4.48. The molecule has 0 radical (unpaired) electrons. The maximum absolute atomic E-state index is 12.7. The molecule has 7 heteroatoms. The average molecular weight is 301 g/mol. The number of aromatic carboxylic acids is 1. The van der Waals surface area contributed by atoms with Crippen molar-refractivity contribution >= 4 is 16.0 Å². The summed E-state index contributed by atoms with van der Waals surface area (Å²) in [4.78, 5) is 10.8. The molecule has 112 valence electrons. The van der Waals surface area contributed by atoms with E-state index in [0.29, 0.717) is 12.5 Å². The molecule has 0 bridgehead atoms. The highest BCUT2D eigenvalue weighted by Crippen LogP contribution is 2.30. The van der Waals surface area contributed by atoms with Crippen LogP contribution in [-0.4, -0.2) is 36.4 Å². The Morgan fingerprint density at radius 2 is 2.05 bits per heavy atom. The first kappa shape index (κ1) is 15.1. The molecule has 20 heavy (non-hydrogen) atoms. The molecule has 2 rings (SSSR count). The molecule has 0 aromatic carbocycles. The molecule has 0 spiro atoms. The highest BCUT2D eigenvalue weighted by Gasteiger charge is 2.36. The van der Waals surface area contributed by atoms with Crippen molar-refractivity contribution in [2.24, 2.45) is 5.92 Å². The van der Waals surface area contributed by atoms with Gasteiger partial charge in [-0.2, -0.15) is 4.31 Å². The van der Waals surface area contributed by atoms with Gasteiger partial charge < -0.3 is 9.52 Å². The summed E-state index contributed by atoms with van der Waals surface area (Å²) in [6.07, 6.45) is 1.81. The number of rotatable bonds is 3. The van der Waals surface area contributed by atoms with E-state index in [2.05, 4.69) is 0 Å². The van der Waals surface area contributed by atoms with Gasteiger partial charge in [-0.05, 0) is 32.6 Å². The lowest BCUT2D eigenvalue weighted by atomic mass is 9.97. The van der Waals surface area contributed by atoms with E-state index in [0.717, 1.165) is 18.9 Å². The predicted molar refractivity (Wildman–Crippen MR) is 72.2 cm³/mol. The Bertz CT molecular complexity index is 619. The van der Waals surface area contributed by atoms with Crippen LogP contribution < -0.4 is 0 Å². The molecule has 1 aliphatic rings. The van der Waals surface area contributed by atoms with Gasteiger partial charge in [-0.15, -0.1) is 0 Å². The summed E-state index contributed by atoms with van der Waals surface area (Å²) in [7, 11) is -3.71. The molecule has 2 heterocycles. The van der Waals surface area contributed by atoms with Crippen molar-refractivity contribution in [2.45, 2.75) is 44.6 Å². The fourth-order valence-electron chi connectivity index (χ4n) is 2.54. The van der Waals surface area contributed by atoms with Crippen LogP contribution in [0.15, 0.2) is 15.4 Å². The number of carbonyl (C=O) groups is 1. The second-order valence-electron chi connectivity index (χ2n) is 5.44. The maximum atomic E-state index is 12.7. The number of sulfonamides is 1. The Hall–Kier alpha value is -1.34. The molecule has 6 nitrogen and oxygen atoms in total. The minimum absolute atomic E-state index is 0.0455. The highest BCUT2D eigenvalue weighted by atomic mass is 32.2. The predicted octanol–water partition coefficient (Wildman–Crippen LogP) is 2.10. The molecule has 2 unspecified atom stereocenters. The summed E-state index contributed by atoms with van der Waals surface area (Å²) in [5.74, 6) is -1.20. The first-order chi connectivity index (χ1) is 9.23. The molecule has 1 fully saturated rings. The summed E-state index contributed by atoms with van der Waals surface area (Å²) in [5.41, 5.74) is 0. The van der Waals surface area contributed by atoms with Crippen molar-refractivity contribution in [2.75, 3.05) is 6.54 Å². The van der Waals surface area contributed by atoms with Crippen LogP contribution in [0.1, 0.15) is 43.0 Å². The van der Waals surface area contributed by atoms with Crippen LogP contribution in [0.3, 0.4) is 0 Å². The third-order valence-electron chi connectivity index (χ3n) is 3.73. The Labute approximate surface area is 118 Å². The van der Waals surface area contributed by atoms with Crippen molar-refractivity contribution in [3.8, 4) is 0 Å². The number of carboxylic acids is 1. The smallest absolute Gasteiger partial charge is 0.371 e. The van der Waals surface area contributed by atoms with Crippen LogP contribution in [-0.2, 0) is 10.0 Å². The van der Waals surface area contributed by atoms with Gasteiger partial charge in [0.2, 0.25) is 15.8 Å². The summed E-state index contributed by atoms with van der Waals surface area (Å²) in [5, 5.41) is 8.89. The number of furan rings is 1. The van der Waals surface area contributed by atoms with Crippen molar-refractivity contribution < 1.29 is 22.7 Å². The SMILES string of the molecule is Cc1oc(C(=O)O)cc1S(=O)(=O)N1CC(C)CCC1C. The van der Waals surface area contributed by atoms with Crippen molar-refractivity contribution in [3.05, 3.63) is 17.6 Å². The lowest BCUT2D eigenvalue weighted by molar-refractivity contribution is 0.0661. The number of piperidine rings is 1. The summed E-state index contributed by atoms with van der Waals surface area (Å²) in [6.45, 7) is 5.81. The molecule has 2 atom stereocenters. The molecule has 1 aliphatic heterocycles. The van der Waals surface area contributed by atoms with Gasteiger partial charge in [-0.1, -0.05) is 6.92 Å². The molecule has 0 saturated carbocycles. The Kier molecular flexibility index (Phi) is 3.93. The van der Waals surface area contributed by atoms with E-state index in [1.165, 1.54) is 11.2 Å². The minimum Gasteiger partial charge on any atom is -0.475 e. The summed E-state index contributed by atoms with van der Waals surface area (Å²) in [6, 6.07) is 1.01. The Morgan fingerprint density at radius 1 is 1.40 bits per heavy atom. The van der Waals surface area contributed by atoms with Gasteiger partial charge >= 0.3 is 5.97 Å². The fraction of sp³-hybridized carbons (Fsp3) is 0.615. The van der Waals surface area contributed by atoms with Gasteiger partial charge in [0.1, 0.15) is 10.7 Å². The lowest BCUT2D eigenvalue weighted by Gasteiger charge is -2.35. The largest absolute Gasteiger partial charge is 0.475 e. The van der Waals surface area contributed by atoms with Crippen molar-refractivity contribution in [1.29, 1.82) is 0 Å². The number of hydrogen-bond donors (Lipinski definition) is 1. The number of nitrogens with zero attached hydrogens (tertiary/aromatic N) is 1. The normalized spacial score (nSPS) is 24.8. The molecule has 1 saturated heterocycles. The second kappa shape index (κ2) is 5.21.